The smallest absolute Gasteiger partial charge is 0.235 e. The molecule has 0 saturated heterocycles. The van der Waals surface area contributed by atoms with E-state index in [-0.39, 0.29) is 28.5 Å². The topological polar surface area (TPSA) is 83.5 Å². The molecule has 0 saturated carbocycles. The van der Waals surface area contributed by atoms with Gasteiger partial charge in [0.15, 0.2) is 0 Å². The number of hydrogen-bond acceptors (Lipinski definition) is 4. The molecule has 1 aliphatic rings. The van der Waals surface area contributed by atoms with Crippen LogP contribution in [0, 0.1) is 0 Å². The molecule has 1 aliphatic carbocycles. The molecule has 17 heavy (non-hydrogen) atoms. The summed E-state index contributed by atoms with van der Waals surface area (Å²) in [5.74, 6) is -2.15. The first-order valence-corrected chi connectivity index (χ1v) is 4.91. The van der Waals surface area contributed by atoms with E-state index in [4.69, 9.17) is 0 Å². The number of allylic oxidation sites excluding steroid dienone is 1. The summed E-state index contributed by atoms with van der Waals surface area (Å²) >= 11 is 0. The van der Waals surface area contributed by atoms with Crippen molar-refractivity contribution >= 4 is 28.9 Å². The second-order valence-electron chi connectivity index (χ2n) is 3.63. The van der Waals surface area contributed by atoms with Gasteiger partial charge in [0.05, 0.1) is 11.3 Å². The monoisotopic (exact) mass is 231 g/mol. The van der Waals surface area contributed by atoms with Gasteiger partial charge in [0, 0.05) is 18.6 Å². The number of aliphatic hydroxyl groups is 1. The minimum atomic E-state index is -0.798. The molecular weight excluding hydrogens is 222 g/mol. The molecule has 0 heterocycles. The van der Waals surface area contributed by atoms with Gasteiger partial charge in [-0.2, -0.15) is 0 Å². The predicted molar refractivity (Wildman–Crippen MR) is 60.7 cm³/mol. The van der Waals surface area contributed by atoms with Crippen molar-refractivity contribution in [3.05, 3.63) is 35.4 Å². The van der Waals surface area contributed by atoms with Gasteiger partial charge >= 0.3 is 0 Å². The number of rotatable bonds is 1. The van der Waals surface area contributed by atoms with E-state index >= 15 is 0 Å². The number of fused-ring (bicyclic) bond motifs is 1. The third kappa shape index (κ3) is 1.82. The maximum atomic E-state index is 11.7. The van der Waals surface area contributed by atoms with Crippen LogP contribution in [0.3, 0.4) is 0 Å². The highest BCUT2D eigenvalue weighted by molar-refractivity contribution is 6.51. The maximum Gasteiger partial charge on any atom is 0.235 e. The number of nitrogens with one attached hydrogen (secondary N) is 1. The standard InChI is InChI=1S/C12H9NO4/c1-6(14)13-8-4-2-3-7-9(15)5-10(16)12(17)11(7)8/h2-5,15H,1H3,(H,13,14). The van der Waals surface area contributed by atoms with Crippen LogP contribution in [0.5, 0.6) is 0 Å². The number of ketones is 2. The van der Waals surface area contributed by atoms with Crippen molar-refractivity contribution in [1.29, 1.82) is 0 Å². The molecule has 0 unspecified atom stereocenters. The van der Waals surface area contributed by atoms with Gasteiger partial charge in [-0.1, -0.05) is 12.1 Å². The second kappa shape index (κ2) is 3.86. The third-order valence-corrected chi connectivity index (χ3v) is 2.37. The zero-order valence-electron chi connectivity index (χ0n) is 8.98. The third-order valence-electron chi connectivity index (χ3n) is 2.37. The van der Waals surface area contributed by atoms with Crippen molar-refractivity contribution in [2.45, 2.75) is 6.92 Å². The van der Waals surface area contributed by atoms with Gasteiger partial charge in [-0.25, -0.2) is 0 Å². The molecule has 1 amide bonds. The van der Waals surface area contributed by atoms with Gasteiger partial charge < -0.3 is 10.4 Å². The molecule has 86 valence electrons. The molecule has 0 spiro atoms. The number of benzene rings is 1. The number of hydrogen-bond donors (Lipinski definition) is 2. The minimum Gasteiger partial charge on any atom is -0.507 e. The largest absolute Gasteiger partial charge is 0.507 e. The van der Waals surface area contributed by atoms with Crippen molar-refractivity contribution in [1.82, 2.24) is 0 Å². The Morgan fingerprint density at radius 2 is 2.00 bits per heavy atom. The van der Waals surface area contributed by atoms with E-state index in [1.165, 1.54) is 19.1 Å². The summed E-state index contributed by atoms with van der Waals surface area (Å²) in [7, 11) is 0. The number of aliphatic hydroxyl groups excluding tert-OH is 1. The summed E-state index contributed by atoms with van der Waals surface area (Å²) in [6.45, 7) is 1.30. The van der Waals surface area contributed by atoms with Gasteiger partial charge in [0.25, 0.3) is 0 Å². The van der Waals surface area contributed by atoms with E-state index in [0.717, 1.165) is 6.08 Å². The van der Waals surface area contributed by atoms with Crippen LogP contribution < -0.4 is 5.32 Å². The average Bonchev–Trinajstić information content (AvgIpc) is 2.25. The fraction of sp³-hybridized carbons (Fsp3) is 0.0833. The van der Waals surface area contributed by atoms with E-state index in [0.29, 0.717) is 0 Å². The van der Waals surface area contributed by atoms with Crippen LogP contribution in [0.15, 0.2) is 24.3 Å². The van der Waals surface area contributed by atoms with Gasteiger partial charge in [0.2, 0.25) is 17.5 Å². The molecule has 1 aromatic carbocycles. The van der Waals surface area contributed by atoms with Crippen molar-refractivity contribution in [2.75, 3.05) is 5.32 Å². The Bertz CT molecular complexity index is 572. The molecule has 2 N–H and O–H groups in total. The molecule has 2 rings (SSSR count). The SMILES string of the molecule is CC(=O)Nc1cccc2c1C(=O)C(=O)C=C2O. The molecule has 0 bridgehead atoms. The normalized spacial score (nSPS) is 14.1. The van der Waals surface area contributed by atoms with Gasteiger partial charge in [-0.3, -0.25) is 14.4 Å². The number of anilines is 1. The minimum absolute atomic E-state index is 0.0349. The number of carbonyl (C=O) groups excluding carboxylic acids is 3. The highest BCUT2D eigenvalue weighted by Crippen LogP contribution is 2.29. The van der Waals surface area contributed by atoms with E-state index in [9.17, 15) is 19.5 Å². The lowest BCUT2D eigenvalue weighted by atomic mass is 9.92. The van der Waals surface area contributed by atoms with Crippen molar-refractivity contribution in [2.24, 2.45) is 0 Å². The summed E-state index contributed by atoms with van der Waals surface area (Å²) in [4.78, 5) is 34.0. The van der Waals surface area contributed by atoms with Crippen LogP contribution in [-0.4, -0.2) is 22.6 Å². The molecule has 0 aromatic heterocycles. The van der Waals surface area contributed by atoms with Gasteiger partial charge in [0.1, 0.15) is 5.76 Å². The zero-order valence-corrected chi connectivity index (χ0v) is 8.98. The summed E-state index contributed by atoms with van der Waals surface area (Å²) in [6, 6.07) is 4.60. The Labute approximate surface area is 96.8 Å². The van der Waals surface area contributed by atoms with Gasteiger partial charge in [-0.05, 0) is 6.07 Å². The highest BCUT2D eigenvalue weighted by atomic mass is 16.3. The Morgan fingerprint density at radius 1 is 1.29 bits per heavy atom. The van der Waals surface area contributed by atoms with E-state index in [1.807, 2.05) is 0 Å². The first-order chi connectivity index (χ1) is 8.00. The average molecular weight is 231 g/mol. The number of Topliss-reactive ketones (excluding diaryl/α,β-unsaturated/α-hetero) is 1. The maximum absolute atomic E-state index is 11.7. The Kier molecular flexibility index (Phi) is 2.51. The van der Waals surface area contributed by atoms with Crippen LogP contribution >= 0.6 is 0 Å². The zero-order chi connectivity index (χ0) is 12.6. The lowest BCUT2D eigenvalue weighted by Crippen LogP contribution is -2.21. The molecule has 1 aromatic rings. The molecule has 5 heteroatoms. The Balaban J connectivity index is 2.65. The van der Waals surface area contributed by atoms with E-state index in [2.05, 4.69) is 5.32 Å². The van der Waals surface area contributed by atoms with Crippen LogP contribution in [0.25, 0.3) is 5.76 Å². The quantitative estimate of drug-likeness (QED) is 0.714. The lowest BCUT2D eigenvalue weighted by Gasteiger charge is -2.15. The molecule has 5 nitrogen and oxygen atoms in total. The van der Waals surface area contributed by atoms with Crippen molar-refractivity contribution < 1.29 is 19.5 Å². The van der Waals surface area contributed by atoms with Crippen LogP contribution in [0.1, 0.15) is 22.8 Å². The van der Waals surface area contributed by atoms with Crippen LogP contribution in [0.2, 0.25) is 0 Å². The fourth-order valence-corrected chi connectivity index (χ4v) is 1.69. The molecular formula is C12H9NO4. The van der Waals surface area contributed by atoms with Crippen LogP contribution in [0.4, 0.5) is 5.69 Å². The van der Waals surface area contributed by atoms with Crippen LogP contribution in [-0.2, 0) is 9.59 Å². The summed E-state index contributed by atoms with van der Waals surface area (Å²) < 4.78 is 0. The molecule has 0 radical (unpaired) electrons. The Hall–Kier alpha value is -2.43. The van der Waals surface area contributed by atoms with E-state index < -0.39 is 11.6 Å². The Morgan fingerprint density at radius 3 is 2.65 bits per heavy atom. The van der Waals surface area contributed by atoms with Gasteiger partial charge in [-0.15, -0.1) is 0 Å². The lowest BCUT2D eigenvalue weighted by molar-refractivity contribution is -0.114. The molecule has 0 aliphatic heterocycles. The van der Waals surface area contributed by atoms with Crippen molar-refractivity contribution in [3.8, 4) is 0 Å². The first kappa shape index (κ1) is 11.1. The fourth-order valence-electron chi connectivity index (χ4n) is 1.69. The highest BCUT2D eigenvalue weighted by Gasteiger charge is 2.28. The predicted octanol–water partition coefficient (Wildman–Crippen LogP) is 1.31. The summed E-state index contributed by atoms with van der Waals surface area (Å²) in [5, 5.41) is 12.0. The second-order valence-corrected chi connectivity index (χ2v) is 3.63. The van der Waals surface area contributed by atoms with E-state index in [1.54, 1.807) is 6.07 Å². The molecule has 0 atom stereocenters. The van der Waals surface area contributed by atoms with Crippen molar-refractivity contribution in [3.63, 3.8) is 0 Å². The summed E-state index contributed by atoms with van der Waals surface area (Å²) in [6.07, 6.45) is 0.877. The number of amides is 1. The first-order valence-electron chi connectivity index (χ1n) is 4.91. The molecule has 0 fully saturated rings. The number of carbonyl (C=O) groups is 3. The summed E-state index contributed by atoms with van der Waals surface area (Å²) in [5.41, 5.74) is 0.515.